The van der Waals surface area contributed by atoms with Crippen LogP contribution in [0.4, 0.5) is 5.69 Å². The van der Waals surface area contributed by atoms with Crippen LogP contribution >= 0.6 is 0 Å². The van der Waals surface area contributed by atoms with Crippen molar-refractivity contribution < 1.29 is 9.32 Å². The number of hydrogen-bond donors (Lipinski definition) is 0. The standard InChI is InChI=1S/C22H25N5O2/c1-25(2)19-10-8-18(9-11-19)22(28)27-14-12-26(13-15-27)16-20-23-21(24-29-20)17-6-4-3-5-7-17/h3-11H,12-16H2,1-2H3. The van der Waals surface area contributed by atoms with Crippen molar-refractivity contribution in [2.45, 2.75) is 6.54 Å². The fraction of sp³-hybridized carbons (Fsp3) is 0.318. The number of hydrogen-bond acceptors (Lipinski definition) is 6. The van der Waals surface area contributed by atoms with Gasteiger partial charge in [-0.15, -0.1) is 0 Å². The van der Waals surface area contributed by atoms with E-state index in [1.165, 1.54) is 0 Å². The minimum atomic E-state index is 0.0825. The van der Waals surface area contributed by atoms with Crippen molar-refractivity contribution in [1.29, 1.82) is 0 Å². The maximum atomic E-state index is 12.8. The molecule has 1 fully saturated rings. The van der Waals surface area contributed by atoms with Crippen molar-refractivity contribution in [3.63, 3.8) is 0 Å². The van der Waals surface area contributed by atoms with Crippen molar-refractivity contribution in [2.24, 2.45) is 0 Å². The molecule has 1 aliphatic rings. The van der Waals surface area contributed by atoms with Crippen LogP contribution in [0.5, 0.6) is 0 Å². The zero-order valence-electron chi connectivity index (χ0n) is 16.8. The van der Waals surface area contributed by atoms with Crippen molar-refractivity contribution in [3.05, 3.63) is 66.1 Å². The van der Waals surface area contributed by atoms with Gasteiger partial charge in [0, 0.05) is 57.1 Å². The van der Waals surface area contributed by atoms with Crippen LogP contribution in [-0.4, -0.2) is 66.1 Å². The summed E-state index contributed by atoms with van der Waals surface area (Å²) in [6.45, 7) is 3.54. The molecule has 0 saturated carbocycles. The zero-order valence-corrected chi connectivity index (χ0v) is 16.8. The van der Waals surface area contributed by atoms with E-state index in [1.807, 2.05) is 78.5 Å². The second-order valence-electron chi connectivity index (χ2n) is 7.39. The molecule has 0 N–H and O–H groups in total. The highest BCUT2D eigenvalue weighted by Gasteiger charge is 2.23. The Hall–Kier alpha value is -3.19. The molecule has 2 heterocycles. The number of carbonyl (C=O) groups is 1. The number of benzene rings is 2. The van der Waals surface area contributed by atoms with Crippen LogP contribution in [0, 0.1) is 0 Å². The van der Waals surface area contributed by atoms with Crippen LogP contribution < -0.4 is 4.90 Å². The average Bonchev–Trinajstić information content (AvgIpc) is 3.23. The topological polar surface area (TPSA) is 65.7 Å². The van der Waals surface area contributed by atoms with Gasteiger partial charge < -0.3 is 14.3 Å². The number of amides is 1. The van der Waals surface area contributed by atoms with Crippen molar-refractivity contribution in [2.75, 3.05) is 45.2 Å². The molecular weight excluding hydrogens is 366 g/mol. The first-order valence-corrected chi connectivity index (χ1v) is 9.77. The predicted molar refractivity (Wildman–Crippen MR) is 112 cm³/mol. The molecule has 150 valence electrons. The maximum absolute atomic E-state index is 12.8. The van der Waals surface area contributed by atoms with Gasteiger partial charge in [-0.3, -0.25) is 9.69 Å². The van der Waals surface area contributed by atoms with Crippen LogP contribution in [0.15, 0.2) is 59.1 Å². The molecule has 0 bridgehead atoms. The average molecular weight is 391 g/mol. The molecule has 0 atom stereocenters. The minimum absolute atomic E-state index is 0.0825. The van der Waals surface area contributed by atoms with Crippen LogP contribution in [0.2, 0.25) is 0 Å². The summed E-state index contributed by atoms with van der Waals surface area (Å²) in [6.07, 6.45) is 0. The Morgan fingerprint density at radius 1 is 1.00 bits per heavy atom. The van der Waals surface area contributed by atoms with Crippen LogP contribution in [0.3, 0.4) is 0 Å². The highest BCUT2D eigenvalue weighted by Crippen LogP contribution is 2.17. The number of rotatable bonds is 5. The van der Waals surface area contributed by atoms with Gasteiger partial charge in [0.05, 0.1) is 6.54 Å². The van der Waals surface area contributed by atoms with Crippen LogP contribution in [0.1, 0.15) is 16.2 Å². The van der Waals surface area contributed by atoms with E-state index in [0.717, 1.165) is 29.9 Å². The first-order chi connectivity index (χ1) is 14.1. The van der Waals surface area contributed by atoms with Crippen LogP contribution in [0.25, 0.3) is 11.4 Å². The number of aromatic nitrogens is 2. The van der Waals surface area contributed by atoms with Crippen molar-refractivity contribution in [1.82, 2.24) is 19.9 Å². The lowest BCUT2D eigenvalue weighted by Gasteiger charge is -2.34. The molecule has 0 spiro atoms. The molecule has 7 heteroatoms. The van der Waals surface area contributed by atoms with E-state index in [9.17, 15) is 4.79 Å². The molecule has 0 radical (unpaired) electrons. The quantitative estimate of drug-likeness (QED) is 0.666. The Bertz CT molecular complexity index is 945. The normalized spacial score (nSPS) is 14.8. The molecule has 1 aliphatic heterocycles. The van der Waals surface area contributed by atoms with Gasteiger partial charge >= 0.3 is 0 Å². The smallest absolute Gasteiger partial charge is 0.253 e. The zero-order chi connectivity index (χ0) is 20.2. The summed E-state index contributed by atoms with van der Waals surface area (Å²) in [5, 5.41) is 4.07. The first kappa shape index (κ1) is 19.1. The Morgan fingerprint density at radius 2 is 1.69 bits per heavy atom. The summed E-state index contributed by atoms with van der Waals surface area (Å²) in [7, 11) is 3.98. The van der Waals surface area contributed by atoms with E-state index in [-0.39, 0.29) is 5.91 Å². The monoisotopic (exact) mass is 391 g/mol. The third-order valence-corrected chi connectivity index (χ3v) is 5.15. The Labute approximate surface area is 170 Å². The van der Waals surface area contributed by atoms with Gasteiger partial charge in [-0.05, 0) is 24.3 Å². The molecule has 2 aromatic carbocycles. The third kappa shape index (κ3) is 4.46. The van der Waals surface area contributed by atoms with Gasteiger partial charge in [0.15, 0.2) is 0 Å². The largest absolute Gasteiger partial charge is 0.378 e. The summed E-state index contributed by atoms with van der Waals surface area (Å²) >= 11 is 0. The molecule has 1 aromatic heterocycles. The van der Waals surface area contributed by atoms with Gasteiger partial charge in [-0.25, -0.2) is 0 Å². The highest BCUT2D eigenvalue weighted by atomic mass is 16.5. The van der Waals surface area contributed by atoms with E-state index >= 15 is 0 Å². The molecule has 0 aliphatic carbocycles. The first-order valence-electron chi connectivity index (χ1n) is 9.77. The second-order valence-corrected chi connectivity index (χ2v) is 7.39. The SMILES string of the molecule is CN(C)c1ccc(C(=O)N2CCN(Cc3nc(-c4ccccc4)no3)CC2)cc1. The lowest BCUT2D eigenvalue weighted by Crippen LogP contribution is -2.48. The minimum Gasteiger partial charge on any atom is -0.378 e. The van der Waals surface area contributed by atoms with Crippen molar-refractivity contribution in [3.8, 4) is 11.4 Å². The maximum Gasteiger partial charge on any atom is 0.253 e. The van der Waals surface area contributed by atoms with E-state index in [1.54, 1.807) is 0 Å². The lowest BCUT2D eigenvalue weighted by atomic mass is 10.1. The van der Waals surface area contributed by atoms with Crippen molar-refractivity contribution >= 4 is 11.6 Å². The highest BCUT2D eigenvalue weighted by molar-refractivity contribution is 5.94. The Balaban J connectivity index is 1.31. The number of carbonyl (C=O) groups excluding carboxylic acids is 1. The second kappa shape index (κ2) is 8.45. The van der Waals surface area contributed by atoms with E-state index in [0.29, 0.717) is 31.3 Å². The third-order valence-electron chi connectivity index (χ3n) is 5.15. The predicted octanol–water partition coefficient (Wildman–Crippen LogP) is 2.76. The molecule has 29 heavy (non-hydrogen) atoms. The summed E-state index contributed by atoms with van der Waals surface area (Å²) in [5.41, 5.74) is 2.76. The summed E-state index contributed by atoms with van der Waals surface area (Å²) in [5.74, 6) is 1.29. The fourth-order valence-electron chi connectivity index (χ4n) is 3.41. The van der Waals surface area contributed by atoms with Gasteiger partial charge in [-0.2, -0.15) is 4.98 Å². The number of anilines is 1. The van der Waals surface area contributed by atoms with Crippen LogP contribution in [-0.2, 0) is 6.54 Å². The molecule has 4 rings (SSSR count). The van der Waals surface area contributed by atoms with Gasteiger partial charge in [-0.1, -0.05) is 35.5 Å². The molecule has 3 aromatic rings. The summed E-state index contributed by atoms with van der Waals surface area (Å²) in [6, 6.07) is 17.5. The molecule has 1 amide bonds. The summed E-state index contributed by atoms with van der Waals surface area (Å²) < 4.78 is 5.41. The van der Waals surface area contributed by atoms with Gasteiger partial charge in [0.1, 0.15) is 0 Å². The van der Waals surface area contributed by atoms with Gasteiger partial charge in [0.25, 0.3) is 5.91 Å². The van der Waals surface area contributed by atoms with E-state index in [2.05, 4.69) is 15.0 Å². The number of piperazine rings is 1. The number of nitrogens with zero attached hydrogens (tertiary/aromatic N) is 5. The molecule has 7 nitrogen and oxygen atoms in total. The summed E-state index contributed by atoms with van der Waals surface area (Å²) in [4.78, 5) is 23.4. The molecule has 1 saturated heterocycles. The van der Waals surface area contributed by atoms with Gasteiger partial charge in [0.2, 0.25) is 11.7 Å². The molecular formula is C22H25N5O2. The van der Waals surface area contributed by atoms with E-state index < -0.39 is 0 Å². The Morgan fingerprint density at radius 3 is 2.34 bits per heavy atom. The fourth-order valence-corrected chi connectivity index (χ4v) is 3.41. The molecule has 0 unspecified atom stereocenters. The van der Waals surface area contributed by atoms with E-state index in [4.69, 9.17) is 4.52 Å². The Kier molecular flexibility index (Phi) is 5.57. The lowest BCUT2D eigenvalue weighted by molar-refractivity contribution is 0.0615.